The Balaban J connectivity index is 1.25. The van der Waals surface area contributed by atoms with Crippen LogP contribution < -0.4 is 5.32 Å². The average molecular weight is 414 g/mol. The van der Waals surface area contributed by atoms with Gasteiger partial charge in [0.25, 0.3) is 0 Å². The van der Waals surface area contributed by atoms with Gasteiger partial charge >= 0.3 is 0 Å². The predicted octanol–water partition coefficient (Wildman–Crippen LogP) is 5.04. The molecule has 5 rings (SSSR count). The van der Waals surface area contributed by atoms with Crippen molar-refractivity contribution in [3.05, 3.63) is 94.5 Å². The summed E-state index contributed by atoms with van der Waals surface area (Å²) in [5.41, 5.74) is 3.50. The SMILES string of the molecule is O=C(Cc1cccc2ccccc12)Nc1nc2c(s1)CN(Cc1ccccc1)CC2. The van der Waals surface area contributed by atoms with Crippen LogP contribution in [0.3, 0.4) is 0 Å². The predicted molar refractivity (Wildman–Crippen MR) is 123 cm³/mol. The van der Waals surface area contributed by atoms with Crippen LogP contribution in [0.2, 0.25) is 0 Å². The van der Waals surface area contributed by atoms with Gasteiger partial charge in [-0.25, -0.2) is 4.98 Å². The Morgan fingerprint density at radius 1 is 1.00 bits per heavy atom. The van der Waals surface area contributed by atoms with E-state index in [1.165, 1.54) is 10.4 Å². The average Bonchev–Trinajstić information content (AvgIpc) is 3.16. The maximum atomic E-state index is 12.7. The zero-order valence-corrected chi connectivity index (χ0v) is 17.5. The fourth-order valence-electron chi connectivity index (χ4n) is 4.06. The lowest BCUT2D eigenvalue weighted by Crippen LogP contribution is -2.29. The van der Waals surface area contributed by atoms with Crippen LogP contribution in [0.25, 0.3) is 10.8 Å². The van der Waals surface area contributed by atoms with Crippen LogP contribution in [0.15, 0.2) is 72.8 Å². The van der Waals surface area contributed by atoms with Crippen molar-refractivity contribution in [1.29, 1.82) is 0 Å². The summed E-state index contributed by atoms with van der Waals surface area (Å²) in [6.07, 6.45) is 1.28. The van der Waals surface area contributed by atoms with Gasteiger partial charge in [0.05, 0.1) is 12.1 Å². The summed E-state index contributed by atoms with van der Waals surface area (Å²) >= 11 is 1.61. The van der Waals surface area contributed by atoms with Gasteiger partial charge in [-0.2, -0.15) is 0 Å². The first-order valence-corrected chi connectivity index (χ1v) is 11.1. The number of fused-ring (bicyclic) bond motifs is 2. The number of nitrogens with zero attached hydrogens (tertiary/aromatic N) is 2. The molecule has 2 heterocycles. The standard InChI is InChI=1S/C25H23N3OS/c29-24(15-20-11-6-10-19-9-4-5-12-21(19)20)27-25-26-22-13-14-28(17-23(22)30-25)16-18-7-2-1-3-8-18/h1-12H,13-17H2,(H,26,27,29). The molecule has 0 radical (unpaired) electrons. The molecule has 0 atom stereocenters. The van der Waals surface area contributed by atoms with Crippen molar-refractivity contribution in [2.75, 3.05) is 11.9 Å². The van der Waals surface area contributed by atoms with E-state index in [0.29, 0.717) is 11.6 Å². The minimum absolute atomic E-state index is 0.0152. The number of amides is 1. The molecule has 5 heteroatoms. The lowest BCUT2D eigenvalue weighted by Gasteiger charge is -2.25. The van der Waals surface area contributed by atoms with Crippen molar-refractivity contribution in [3.63, 3.8) is 0 Å². The minimum atomic E-state index is -0.0152. The highest BCUT2D eigenvalue weighted by Crippen LogP contribution is 2.29. The quantitative estimate of drug-likeness (QED) is 0.499. The molecule has 4 aromatic rings. The third-order valence-corrected chi connectivity index (χ3v) is 6.53. The zero-order valence-electron chi connectivity index (χ0n) is 16.7. The smallest absolute Gasteiger partial charge is 0.230 e. The molecule has 1 N–H and O–H groups in total. The molecule has 4 nitrogen and oxygen atoms in total. The van der Waals surface area contributed by atoms with Crippen LogP contribution in [0.4, 0.5) is 5.13 Å². The summed E-state index contributed by atoms with van der Waals surface area (Å²) in [4.78, 5) is 21.1. The van der Waals surface area contributed by atoms with E-state index in [4.69, 9.17) is 4.98 Å². The molecule has 1 amide bonds. The van der Waals surface area contributed by atoms with E-state index >= 15 is 0 Å². The Labute approximate surface area is 180 Å². The lowest BCUT2D eigenvalue weighted by atomic mass is 10.0. The third kappa shape index (κ3) is 4.13. The zero-order chi connectivity index (χ0) is 20.3. The molecule has 1 aromatic heterocycles. The first-order chi connectivity index (χ1) is 14.7. The summed E-state index contributed by atoms with van der Waals surface area (Å²) < 4.78 is 0. The summed E-state index contributed by atoms with van der Waals surface area (Å²) in [6, 6.07) is 24.8. The molecule has 0 fully saturated rings. The number of benzene rings is 3. The van der Waals surface area contributed by atoms with Gasteiger partial charge in [-0.3, -0.25) is 9.69 Å². The second-order valence-electron chi connectivity index (χ2n) is 7.70. The highest BCUT2D eigenvalue weighted by Gasteiger charge is 2.21. The van der Waals surface area contributed by atoms with E-state index in [0.717, 1.165) is 48.1 Å². The number of carbonyl (C=O) groups is 1. The number of anilines is 1. The van der Waals surface area contributed by atoms with Crippen LogP contribution in [0, 0.1) is 0 Å². The van der Waals surface area contributed by atoms with E-state index in [1.807, 2.05) is 30.3 Å². The Hall–Kier alpha value is -3.02. The van der Waals surface area contributed by atoms with Crippen molar-refractivity contribution >= 4 is 33.1 Å². The second-order valence-corrected chi connectivity index (χ2v) is 8.78. The Bertz CT molecular complexity index is 1180. The normalized spacial score (nSPS) is 13.9. The third-order valence-electron chi connectivity index (χ3n) is 5.54. The van der Waals surface area contributed by atoms with Gasteiger partial charge in [-0.1, -0.05) is 72.8 Å². The number of thiazole rings is 1. The van der Waals surface area contributed by atoms with E-state index in [2.05, 4.69) is 52.7 Å². The fourth-order valence-corrected chi connectivity index (χ4v) is 5.13. The van der Waals surface area contributed by atoms with E-state index in [9.17, 15) is 4.79 Å². The molecular weight excluding hydrogens is 390 g/mol. The van der Waals surface area contributed by atoms with Gasteiger partial charge in [0.15, 0.2) is 5.13 Å². The summed E-state index contributed by atoms with van der Waals surface area (Å²) in [6.45, 7) is 2.83. The molecule has 0 bridgehead atoms. The monoisotopic (exact) mass is 413 g/mol. The highest BCUT2D eigenvalue weighted by atomic mass is 32.1. The van der Waals surface area contributed by atoms with Gasteiger partial charge in [-0.05, 0) is 21.9 Å². The first-order valence-electron chi connectivity index (χ1n) is 10.3. The topological polar surface area (TPSA) is 45.2 Å². The molecule has 0 saturated heterocycles. The molecule has 0 aliphatic carbocycles. The van der Waals surface area contributed by atoms with Gasteiger partial charge in [0.1, 0.15) is 0 Å². The van der Waals surface area contributed by atoms with Gasteiger partial charge in [0.2, 0.25) is 5.91 Å². The molecule has 1 aliphatic rings. The summed E-state index contributed by atoms with van der Waals surface area (Å²) in [7, 11) is 0. The van der Waals surface area contributed by atoms with Crippen molar-refractivity contribution in [3.8, 4) is 0 Å². The Morgan fingerprint density at radius 2 is 1.80 bits per heavy atom. The lowest BCUT2D eigenvalue weighted by molar-refractivity contribution is -0.115. The van der Waals surface area contributed by atoms with E-state index < -0.39 is 0 Å². The largest absolute Gasteiger partial charge is 0.302 e. The molecular formula is C25H23N3OS. The minimum Gasteiger partial charge on any atom is -0.302 e. The van der Waals surface area contributed by atoms with E-state index in [-0.39, 0.29) is 5.91 Å². The van der Waals surface area contributed by atoms with Gasteiger partial charge in [0, 0.05) is 30.9 Å². The first kappa shape index (κ1) is 19.0. The molecule has 0 saturated carbocycles. The van der Waals surface area contributed by atoms with E-state index in [1.54, 1.807) is 11.3 Å². The van der Waals surface area contributed by atoms with Crippen LogP contribution >= 0.6 is 11.3 Å². The van der Waals surface area contributed by atoms with Crippen LogP contribution in [-0.2, 0) is 30.7 Å². The number of hydrogen-bond acceptors (Lipinski definition) is 4. The molecule has 3 aromatic carbocycles. The maximum Gasteiger partial charge on any atom is 0.230 e. The number of rotatable bonds is 5. The number of hydrogen-bond donors (Lipinski definition) is 1. The Kier molecular flexibility index (Phi) is 5.30. The highest BCUT2D eigenvalue weighted by molar-refractivity contribution is 7.15. The van der Waals surface area contributed by atoms with Crippen LogP contribution in [0.5, 0.6) is 0 Å². The van der Waals surface area contributed by atoms with Crippen molar-refractivity contribution in [2.24, 2.45) is 0 Å². The number of aromatic nitrogens is 1. The summed E-state index contributed by atoms with van der Waals surface area (Å²) in [5.74, 6) is -0.0152. The molecule has 30 heavy (non-hydrogen) atoms. The van der Waals surface area contributed by atoms with Crippen LogP contribution in [-0.4, -0.2) is 22.3 Å². The molecule has 1 aliphatic heterocycles. The van der Waals surface area contributed by atoms with Crippen molar-refractivity contribution in [1.82, 2.24) is 9.88 Å². The molecule has 0 unspecified atom stereocenters. The van der Waals surface area contributed by atoms with Gasteiger partial charge in [-0.15, -0.1) is 11.3 Å². The Morgan fingerprint density at radius 3 is 2.70 bits per heavy atom. The van der Waals surface area contributed by atoms with Crippen molar-refractivity contribution < 1.29 is 4.79 Å². The maximum absolute atomic E-state index is 12.7. The number of nitrogens with one attached hydrogen (secondary N) is 1. The second kappa shape index (κ2) is 8.38. The fraction of sp³-hybridized carbons (Fsp3) is 0.200. The summed E-state index contributed by atoms with van der Waals surface area (Å²) in [5, 5.41) is 6.03. The van der Waals surface area contributed by atoms with Crippen LogP contribution in [0.1, 0.15) is 21.7 Å². The number of carbonyl (C=O) groups excluding carboxylic acids is 1. The van der Waals surface area contributed by atoms with Gasteiger partial charge < -0.3 is 5.32 Å². The van der Waals surface area contributed by atoms with Crippen molar-refractivity contribution in [2.45, 2.75) is 25.9 Å². The molecule has 0 spiro atoms. The molecule has 150 valence electrons.